The quantitative estimate of drug-likeness (QED) is 0.620. The summed E-state index contributed by atoms with van der Waals surface area (Å²) >= 11 is 5.74. The van der Waals surface area contributed by atoms with E-state index in [1.165, 1.54) is 18.2 Å². The van der Waals surface area contributed by atoms with Gasteiger partial charge in [-0.3, -0.25) is 14.9 Å². The number of nitro benzene ring substituents is 1. The Morgan fingerprint density at radius 3 is 2.79 bits per heavy atom. The van der Waals surface area contributed by atoms with Gasteiger partial charge in [-0.05, 0) is 31.9 Å². The third-order valence-electron chi connectivity index (χ3n) is 2.49. The molecule has 0 aliphatic carbocycles. The van der Waals surface area contributed by atoms with Gasteiger partial charge in [-0.1, -0.05) is 11.6 Å². The normalized spacial score (nSPS) is 11.9. The van der Waals surface area contributed by atoms with Crippen molar-refractivity contribution in [2.24, 2.45) is 5.73 Å². The van der Waals surface area contributed by atoms with E-state index in [1.807, 2.05) is 6.92 Å². The number of amides is 1. The van der Waals surface area contributed by atoms with Gasteiger partial charge in [0.1, 0.15) is 5.02 Å². The molecule has 0 saturated heterocycles. The minimum absolute atomic E-state index is 0.00150. The fourth-order valence-corrected chi connectivity index (χ4v) is 1.79. The Balaban J connectivity index is 2.55. The highest BCUT2D eigenvalue weighted by molar-refractivity contribution is 6.33. The fourth-order valence-electron chi connectivity index (χ4n) is 1.54. The second-order valence-corrected chi connectivity index (χ2v) is 4.75. The molecule has 0 fully saturated rings. The van der Waals surface area contributed by atoms with E-state index in [9.17, 15) is 14.9 Å². The van der Waals surface area contributed by atoms with E-state index in [0.29, 0.717) is 18.5 Å². The van der Waals surface area contributed by atoms with Crippen LogP contribution in [-0.2, 0) is 4.79 Å². The van der Waals surface area contributed by atoms with Gasteiger partial charge in [-0.2, -0.15) is 0 Å². The molecular weight excluding hydrogens is 270 g/mol. The van der Waals surface area contributed by atoms with E-state index in [2.05, 4.69) is 5.32 Å². The number of carbonyl (C=O) groups excluding carboxylic acids is 1. The number of hydrogen-bond acceptors (Lipinski definition) is 4. The Morgan fingerprint density at radius 2 is 2.26 bits per heavy atom. The van der Waals surface area contributed by atoms with Gasteiger partial charge in [0, 0.05) is 24.2 Å². The van der Waals surface area contributed by atoms with Crippen molar-refractivity contribution in [2.75, 3.05) is 5.32 Å². The van der Waals surface area contributed by atoms with Gasteiger partial charge in [0.05, 0.1) is 4.92 Å². The van der Waals surface area contributed by atoms with Crippen LogP contribution < -0.4 is 11.1 Å². The zero-order valence-electron chi connectivity index (χ0n) is 10.6. The van der Waals surface area contributed by atoms with Crippen molar-refractivity contribution >= 4 is 28.9 Å². The number of benzene rings is 1. The smallest absolute Gasteiger partial charge is 0.288 e. The SMILES string of the molecule is CC(N)CCCC(=O)Nc1ccc([N+](=O)[O-])c(Cl)c1. The Kier molecular flexibility index (Phi) is 5.72. The molecule has 1 unspecified atom stereocenters. The summed E-state index contributed by atoms with van der Waals surface area (Å²) in [6.45, 7) is 1.88. The number of hydrogen-bond donors (Lipinski definition) is 2. The van der Waals surface area contributed by atoms with Crippen LogP contribution in [0.3, 0.4) is 0 Å². The fraction of sp³-hybridized carbons (Fsp3) is 0.417. The van der Waals surface area contributed by atoms with Gasteiger partial charge >= 0.3 is 0 Å². The van der Waals surface area contributed by atoms with Gasteiger partial charge in [-0.15, -0.1) is 0 Å². The molecule has 0 heterocycles. The van der Waals surface area contributed by atoms with E-state index < -0.39 is 4.92 Å². The minimum Gasteiger partial charge on any atom is -0.328 e. The van der Waals surface area contributed by atoms with Crippen molar-refractivity contribution in [3.63, 3.8) is 0 Å². The van der Waals surface area contributed by atoms with Crippen LogP contribution in [-0.4, -0.2) is 16.9 Å². The van der Waals surface area contributed by atoms with Crippen molar-refractivity contribution in [3.8, 4) is 0 Å². The third-order valence-corrected chi connectivity index (χ3v) is 2.79. The van der Waals surface area contributed by atoms with Crippen LogP contribution in [0, 0.1) is 10.1 Å². The summed E-state index contributed by atoms with van der Waals surface area (Å²) < 4.78 is 0. The highest BCUT2D eigenvalue weighted by Crippen LogP contribution is 2.27. The Labute approximate surface area is 116 Å². The zero-order chi connectivity index (χ0) is 14.4. The van der Waals surface area contributed by atoms with E-state index >= 15 is 0 Å². The summed E-state index contributed by atoms with van der Waals surface area (Å²) in [5.74, 6) is -0.162. The number of nitrogens with one attached hydrogen (secondary N) is 1. The third kappa shape index (κ3) is 5.23. The summed E-state index contributed by atoms with van der Waals surface area (Å²) in [6, 6.07) is 4.15. The molecule has 3 N–H and O–H groups in total. The van der Waals surface area contributed by atoms with Crippen molar-refractivity contribution in [1.82, 2.24) is 0 Å². The molecule has 1 aromatic rings. The number of nitrogens with two attached hydrogens (primary N) is 1. The van der Waals surface area contributed by atoms with Crippen molar-refractivity contribution < 1.29 is 9.72 Å². The van der Waals surface area contributed by atoms with Crippen molar-refractivity contribution in [1.29, 1.82) is 0 Å². The molecule has 0 spiro atoms. The van der Waals surface area contributed by atoms with E-state index in [1.54, 1.807) is 0 Å². The number of anilines is 1. The summed E-state index contributed by atoms with van der Waals surface area (Å²) in [5.41, 5.74) is 5.85. The molecule has 0 saturated carbocycles. The van der Waals surface area contributed by atoms with Gasteiger partial charge in [-0.25, -0.2) is 0 Å². The Bertz CT molecular complexity index is 477. The lowest BCUT2D eigenvalue weighted by Crippen LogP contribution is -2.16. The molecule has 1 amide bonds. The highest BCUT2D eigenvalue weighted by Gasteiger charge is 2.13. The molecule has 104 valence electrons. The minimum atomic E-state index is -0.573. The molecule has 0 aliphatic heterocycles. The van der Waals surface area contributed by atoms with E-state index in [4.69, 9.17) is 17.3 Å². The summed E-state index contributed by atoms with van der Waals surface area (Å²) in [7, 11) is 0. The van der Waals surface area contributed by atoms with Gasteiger partial charge in [0.2, 0.25) is 5.91 Å². The first-order valence-corrected chi connectivity index (χ1v) is 6.27. The van der Waals surface area contributed by atoms with Gasteiger partial charge < -0.3 is 11.1 Å². The van der Waals surface area contributed by atoms with Gasteiger partial charge in [0.15, 0.2) is 0 Å². The van der Waals surface area contributed by atoms with Crippen LogP contribution in [0.15, 0.2) is 18.2 Å². The Hall–Kier alpha value is -1.66. The predicted octanol–water partition coefficient (Wildman–Crippen LogP) is 2.70. The topological polar surface area (TPSA) is 98.3 Å². The lowest BCUT2D eigenvalue weighted by molar-refractivity contribution is -0.384. The number of rotatable bonds is 6. The number of nitro groups is 1. The van der Waals surface area contributed by atoms with Crippen LogP contribution in [0.5, 0.6) is 0 Å². The van der Waals surface area contributed by atoms with Crippen LogP contribution in [0.4, 0.5) is 11.4 Å². The van der Waals surface area contributed by atoms with Crippen LogP contribution >= 0.6 is 11.6 Å². The molecule has 0 aliphatic rings. The van der Waals surface area contributed by atoms with Crippen molar-refractivity contribution in [2.45, 2.75) is 32.2 Å². The lowest BCUT2D eigenvalue weighted by Gasteiger charge is -2.07. The van der Waals surface area contributed by atoms with Gasteiger partial charge in [0.25, 0.3) is 5.69 Å². The molecule has 7 heteroatoms. The van der Waals surface area contributed by atoms with Crippen molar-refractivity contribution in [3.05, 3.63) is 33.3 Å². The largest absolute Gasteiger partial charge is 0.328 e. The lowest BCUT2D eigenvalue weighted by atomic mass is 10.1. The molecule has 1 rings (SSSR count). The number of halogens is 1. The molecule has 1 atom stereocenters. The molecule has 19 heavy (non-hydrogen) atoms. The second kappa shape index (κ2) is 7.06. The summed E-state index contributed by atoms with van der Waals surface area (Å²) in [6.07, 6.45) is 1.83. The maximum atomic E-state index is 11.6. The second-order valence-electron chi connectivity index (χ2n) is 4.34. The average Bonchev–Trinajstić information content (AvgIpc) is 2.27. The maximum absolute atomic E-state index is 11.6. The molecule has 6 nitrogen and oxygen atoms in total. The molecule has 0 bridgehead atoms. The average molecular weight is 286 g/mol. The first-order valence-electron chi connectivity index (χ1n) is 5.89. The zero-order valence-corrected chi connectivity index (χ0v) is 11.3. The molecular formula is C12H16ClN3O3. The molecule has 0 radical (unpaired) electrons. The van der Waals surface area contributed by atoms with Crippen LogP contribution in [0.25, 0.3) is 0 Å². The Morgan fingerprint density at radius 1 is 1.58 bits per heavy atom. The first-order chi connectivity index (χ1) is 8.90. The van der Waals surface area contributed by atoms with Crippen LogP contribution in [0.1, 0.15) is 26.2 Å². The molecule has 1 aromatic carbocycles. The van der Waals surface area contributed by atoms with E-state index in [0.717, 1.165) is 6.42 Å². The first kappa shape index (κ1) is 15.4. The monoisotopic (exact) mass is 285 g/mol. The standard InChI is InChI=1S/C12H16ClN3O3/c1-8(14)3-2-4-12(17)15-9-5-6-11(16(18)19)10(13)7-9/h5-8H,2-4,14H2,1H3,(H,15,17). The predicted molar refractivity (Wildman–Crippen MR) is 74.2 cm³/mol. The highest BCUT2D eigenvalue weighted by atomic mass is 35.5. The van der Waals surface area contributed by atoms with E-state index in [-0.39, 0.29) is 22.7 Å². The number of carbonyl (C=O) groups is 1. The molecule has 0 aromatic heterocycles. The summed E-state index contributed by atoms with van der Waals surface area (Å²) in [4.78, 5) is 21.6. The summed E-state index contributed by atoms with van der Waals surface area (Å²) in [5, 5.41) is 13.2. The number of nitrogens with zero attached hydrogens (tertiary/aromatic N) is 1. The van der Waals surface area contributed by atoms with Crippen LogP contribution in [0.2, 0.25) is 5.02 Å². The maximum Gasteiger partial charge on any atom is 0.288 e.